The first-order chi connectivity index (χ1) is 9.71. The molecule has 1 aliphatic heterocycles. The number of para-hydroxylation sites is 1. The highest BCUT2D eigenvalue weighted by atomic mass is 16.5. The van der Waals surface area contributed by atoms with E-state index < -0.39 is 0 Å². The zero-order chi connectivity index (χ0) is 14.0. The summed E-state index contributed by atoms with van der Waals surface area (Å²) in [4.78, 5) is 2.61. The molecule has 3 heteroatoms. The van der Waals surface area contributed by atoms with Crippen LogP contribution in [0.15, 0.2) is 24.3 Å². The van der Waals surface area contributed by atoms with Crippen LogP contribution in [0.3, 0.4) is 0 Å². The Labute approximate surface area is 122 Å². The van der Waals surface area contributed by atoms with E-state index in [4.69, 9.17) is 4.74 Å². The van der Waals surface area contributed by atoms with Gasteiger partial charge in [0.25, 0.3) is 0 Å². The molecule has 1 saturated carbocycles. The first kappa shape index (κ1) is 13.9. The van der Waals surface area contributed by atoms with Crippen molar-refractivity contribution in [2.24, 2.45) is 5.92 Å². The molecule has 2 aliphatic rings. The molecule has 1 heterocycles. The lowest BCUT2D eigenvalue weighted by Crippen LogP contribution is -2.60. The molecule has 1 N–H and O–H groups in total. The smallest absolute Gasteiger partial charge is 0.122 e. The molecular weight excluding hydrogens is 248 g/mol. The topological polar surface area (TPSA) is 24.5 Å². The maximum atomic E-state index is 5.44. The second-order valence-electron chi connectivity index (χ2n) is 6.46. The summed E-state index contributed by atoms with van der Waals surface area (Å²) in [5.41, 5.74) is 1.67. The predicted molar refractivity (Wildman–Crippen MR) is 82.3 cm³/mol. The van der Waals surface area contributed by atoms with Crippen molar-refractivity contribution in [1.82, 2.24) is 10.2 Å². The lowest BCUT2D eigenvalue weighted by atomic mass is 9.92. The summed E-state index contributed by atoms with van der Waals surface area (Å²) in [5, 5.41) is 3.74. The van der Waals surface area contributed by atoms with Gasteiger partial charge in [0.05, 0.1) is 7.11 Å². The van der Waals surface area contributed by atoms with Crippen molar-refractivity contribution in [2.75, 3.05) is 33.3 Å². The Morgan fingerprint density at radius 2 is 2.15 bits per heavy atom. The maximum Gasteiger partial charge on any atom is 0.122 e. The van der Waals surface area contributed by atoms with Crippen molar-refractivity contribution in [3.05, 3.63) is 29.8 Å². The van der Waals surface area contributed by atoms with Crippen LogP contribution in [0.4, 0.5) is 0 Å². The van der Waals surface area contributed by atoms with Gasteiger partial charge in [0.2, 0.25) is 0 Å². The Morgan fingerprint density at radius 1 is 1.35 bits per heavy atom. The van der Waals surface area contributed by atoms with Crippen molar-refractivity contribution in [3.8, 4) is 5.75 Å². The molecule has 1 aliphatic carbocycles. The van der Waals surface area contributed by atoms with Crippen molar-refractivity contribution in [1.29, 1.82) is 0 Å². The molecule has 0 radical (unpaired) electrons. The Balaban J connectivity index is 1.58. The van der Waals surface area contributed by atoms with E-state index in [-0.39, 0.29) is 0 Å². The molecule has 0 bridgehead atoms. The van der Waals surface area contributed by atoms with E-state index >= 15 is 0 Å². The molecule has 110 valence electrons. The van der Waals surface area contributed by atoms with E-state index in [2.05, 4.69) is 35.3 Å². The average molecular weight is 274 g/mol. The molecule has 1 aromatic carbocycles. The molecule has 0 spiro atoms. The molecule has 20 heavy (non-hydrogen) atoms. The molecule has 1 aromatic rings. The van der Waals surface area contributed by atoms with Crippen LogP contribution in [0, 0.1) is 5.92 Å². The van der Waals surface area contributed by atoms with E-state index in [1.165, 1.54) is 24.9 Å². The van der Waals surface area contributed by atoms with Crippen LogP contribution < -0.4 is 10.1 Å². The van der Waals surface area contributed by atoms with E-state index in [0.29, 0.717) is 5.54 Å². The fourth-order valence-corrected chi connectivity index (χ4v) is 3.47. The Morgan fingerprint density at radius 3 is 2.90 bits per heavy atom. The first-order valence-electron chi connectivity index (χ1n) is 7.80. The third-order valence-corrected chi connectivity index (χ3v) is 4.88. The standard InChI is InChI=1S/C17H26N2O/c1-17(15-7-8-15)13-19(12-10-18-17)11-9-14-5-3-4-6-16(14)20-2/h3-6,15,18H,7-13H2,1-2H3. The summed E-state index contributed by atoms with van der Waals surface area (Å²) in [5.74, 6) is 1.92. The second-order valence-corrected chi connectivity index (χ2v) is 6.46. The fraction of sp³-hybridized carbons (Fsp3) is 0.647. The van der Waals surface area contributed by atoms with Crippen molar-refractivity contribution in [2.45, 2.75) is 31.7 Å². The van der Waals surface area contributed by atoms with Crippen LogP contribution in [-0.4, -0.2) is 43.7 Å². The average Bonchev–Trinajstić information content (AvgIpc) is 3.30. The highest BCUT2D eigenvalue weighted by Gasteiger charge is 2.43. The fourth-order valence-electron chi connectivity index (χ4n) is 3.47. The number of nitrogens with zero attached hydrogens (tertiary/aromatic N) is 1. The highest BCUT2D eigenvalue weighted by Crippen LogP contribution is 2.40. The monoisotopic (exact) mass is 274 g/mol. The SMILES string of the molecule is COc1ccccc1CCN1CCNC(C)(C2CC2)C1. The zero-order valence-corrected chi connectivity index (χ0v) is 12.7. The van der Waals surface area contributed by atoms with E-state index in [1.807, 2.05) is 6.07 Å². The molecule has 1 saturated heterocycles. The number of hydrogen-bond acceptors (Lipinski definition) is 3. The maximum absolute atomic E-state index is 5.44. The largest absolute Gasteiger partial charge is 0.496 e. The number of hydrogen-bond donors (Lipinski definition) is 1. The van der Waals surface area contributed by atoms with Gasteiger partial charge in [-0.05, 0) is 43.7 Å². The Hall–Kier alpha value is -1.06. The van der Waals surface area contributed by atoms with E-state index in [9.17, 15) is 0 Å². The normalized spacial score (nSPS) is 27.5. The Kier molecular flexibility index (Phi) is 3.99. The van der Waals surface area contributed by atoms with Gasteiger partial charge in [-0.25, -0.2) is 0 Å². The lowest BCUT2D eigenvalue weighted by Gasteiger charge is -2.42. The van der Waals surface area contributed by atoms with Crippen LogP contribution in [0.5, 0.6) is 5.75 Å². The highest BCUT2D eigenvalue weighted by molar-refractivity contribution is 5.33. The van der Waals surface area contributed by atoms with Crippen molar-refractivity contribution >= 4 is 0 Å². The molecular formula is C17H26N2O. The number of benzene rings is 1. The van der Waals surface area contributed by atoms with Crippen LogP contribution >= 0.6 is 0 Å². The molecule has 3 nitrogen and oxygen atoms in total. The molecule has 2 fully saturated rings. The van der Waals surface area contributed by atoms with Crippen LogP contribution in [0.25, 0.3) is 0 Å². The minimum absolute atomic E-state index is 0.346. The summed E-state index contributed by atoms with van der Waals surface area (Å²) in [7, 11) is 1.76. The minimum Gasteiger partial charge on any atom is -0.496 e. The predicted octanol–water partition coefficient (Wildman–Crippen LogP) is 2.31. The van der Waals surface area contributed by atoms with Crippen molar-refractivity contribution in [3.63, 3.8) is 0 Å². The van der Waals surface area contributed by atoms with E-state index in [1.54, 1.807) is 7.11 Å². The van der Waals surface area contributed by atoms with Gasteiger partial charge in [0.1, 0.15) is 5.75 Å². The number of piperazine rings is 1. The number of ether oxygens (including phenoxy) is 1. The van der Waals surface area contributed by atoms with Gasteiger partial charge in [-0.1, -0.05) is 18.2 Å². The summed E-state index contributed by atoms with van der Waals surface area (Å²) >= 11 is 0. The first-order valence-corrected chi connectivity index (χ1v) is 7.80. The minimum atomic E-state index is 0.346. The third kappa shape index (κ3) is 2.99. The van der Waals surface area contributed by atoms with Gasteiger partial charge in [0, 0.05) is 31.7 Å². The number of nitrogens with one attached hydrogen (secondary N) is 1. The summed E-state index contributed by atoms with van der Waals surface area (Å²) in [6.07, 6.45) is 3.89. The molecule has 3 rings (SSSR count). The second kappa shape index (κ2) is 5.74. The van der Waals surface area contributed by atoms with Crippen molar-refractivity contribution < 1.29 is 4.74 Å². The third-order valence-electron chi connectivity index (χ3n) is 4.88. The van der Waals surface area contributed by atoms with Gasteiger partial charge < -0.3 is 10.1 Å². The van der Waals surface area contributed by atoms with Gasteiger partial charge >= 0.3 is 0 Å². The van der Waals surface area contributed by atoms with Gasteiger partial charge in [-0.15, -0.1) is 0 Å². The van der Waals surface area contributed by atoms with E-state index in [0.717, 1.165) is 37.7 Å². The summed E-state index contributed by atoms with van der Waals surface area (Å²) in [6, 6.07) is 8.38. The zero-order valence-electron chi connectivity index (χ0n) is 12.7. The van der Waals surface area contributed by atoms with Gasteiger partial charge in [0.15, 0.2) is 0 Å². The van der Waals surface area contributed by atoms with Gasteiger partial charge in [-0.3, -0.25) is 4.90 Å². The molecule has 1 atom stereocenters. The van der Waals surface area contributed by atoms with Crippen LogP contribution in [0.2, 0.25) is 0 Å². The Bertz CT molecular complexity index is 458. The van der Waals surface area contributed by atoms with Gasteiger partial charge in [-0.2, -0.15) is 0 Å². The molecule has 0 amide bonds. The number of rotatable bonds is 5. The summed E-state index contributed by atoms with van der Waals surface area (Å²) < 4.78 is 5.44. The lowest BCUT2D eigenvalue weighted by molar-refractivity contribution is 0.128. The number of methoxy groups -OCH3 is 1. The molecule has 1 unspecified atom stereocenters. The molecule has 0 aromatic heterocycles. The van der Waals surface area contributed by atoms with Crippen LogP contribution in [0.1, 0.15) is 25.3 Å². The quantitative estimate of drug-likeness (QED) is 0.892. The summed E-state index contributed by atoms with van der Waals surface area (Å²) in [6.45, 7) is 7.01. The van der Waals surface area contributed by atoms with Crippen LogP contribution in [-0.2, 0) is 6.42 Å².